The van der Waals surface area contributed by atoms with Gasteiger partial charge in [-0.25, -0.2) is 4.79 Å². The summed E-state index contributed by atoms with van der Waals surface area (Å²) in [4.78, 5) is 39.1. The zero-order valence-corrected chi connectivity index (χ0v) is 16.1. The lowest BCUT2D eigenvalue weighted by atomic mass is 10.1. The lowest BCUT2D eigenvalue weighted by molar-refractivity contribution is -0.192. The highest BCUT2D eigenvalue weighted by Crippen LogP contribution is 2.53. The summed E-state index contributed by atoms with van der Waals surface area (Å²) >= 11 is 0. The molecule has 29 heavy (non-hydrogen) atoms. The number of nitrogens with zero attached hydrogens (tertiary/aromatic N) is 2. The molecule has 2 heterocycles. The van der Waals surface area contributed by atoms with Crippen LogP contribution < -0.4 is 5.32 Å². The molecule has 0 radical (unpaired) electrons. The Morgan fingerprint density at radius 2 is 1.83 bits per heavy atom. The van der Waals surface area contributed by atoms with E-state index in [1.54, 1.807) is 6.20 Å². The van der Waals surface area contributed by atoms with Crippen molar-refractivity contribution >= 4 is 17.8 Å². The molecule has 2 N–H and O–H groups in total. The maximum Gasteiger partial charge on any atom is 0.490 e. The molecular weight excluding hydrogens is 391 g/mol. The zero-order chi connectivity index (χ0) is 21.8. The predicted octanol–water partition coefficient (Wildman–Crippen LogP) is 1.88. The van der Waals surface area contributed by atoms with E-state index < -0.39 is 12.1 Å². The SMILES string of the molecule is CC(C)NC(=O)CC1[C@H]2CN(C(=O)Cc3ccccn3)C[C@@H]12.O=C(O)C(F)(F)F. The van der Waals surface area contributed by atoms with Gasteiger partial charge in [-0.3, -0.25) is 14.6 Å². The molecule has 1 saturated carbocycles. The lowest BCUT2D eigenvalue weighted by Gasteiger charge is -2.20. The molecule has 160 valence electrons. The van der Waals surface area contributed by atoms with E-state index in [9.17, 15) is 22.8 Å². The van der Waals surface area contributed by atoms with Crippen molar-refractivity contribution < 1.29 is 32.7 Å². The van der Waals surface area contributed by atoms with Gasteiger partial charge in [0.25, 0.3) is 0 Å². The van der Waals surface area contributed by atoms with Crippen molar-refractivity contribution in [3.63, 3.8) is 0 Å². The van der Waals surface area contributed by atoms with Crippen LogP contribution in [0, 0.1) is 17.8 Å². The standard InChI is InChI=1S/C17H23N3O2.C2HF3O2/c1-11(2)19-16(21)8-13-14-9-20(10-15(13)14)17(22)7-12-5-3-4-6-18-12;3-2(4,5)1(6)7/h3-6,11,13-15H,7-10H2,1-2H3,(H,19,21);(H,6,7)/t13?,14-,15+;. The van der Waals surface area contributed by atoms with Crippen LogP contribution in [0.3, 0.4) is 0 Å². The average Bonchev–Trinajstić information content (AvgIpc) is 3.04. The van der Waals surface area contributed by atoms with Gasteiger partial charge in [-0.15, -0.1) is 0 Å². The van der Waals surface area contributed by atoms with Gasteiger partial charge in [-0.2, -0.15) is 13.2 Å². The second-order valence-electron chi connectivity index (χ2n) is 7.52. The Balaban J connectivity index is 0.000000370. The van der Waals surface area contributed by atoms with Crippen LogP contribution in [0.1, 0.15) is 26.0 Å². The Morgan fingerprint density at radius 3 is 2.28 bits per heavy atom. The smallest absolute Gasteiger partial charge is 0.475 e. The van der Waals surface area contributed by atoms with Crippen LogP contribution >= 0.6 is 0 Å². The summed E-state index contributed by atoms with van der Waals surface area (Å²) in [5.41, 5.74) is 0.820. The molecule has 2 fully saturated rings. The summed E-state index contributed by atoms with van der Waals surface area (Å²) in [5.74, 6) is -0.960. The fourth-order valence-electron chi connectivity index (χ4n) is 3.52. The van der Waals surface area contributed by atoms with Crippen LogP contribution in [-0.4, -0.2) is 58.1 Å². The Kier molecular flexibility index (Phi) is 7.21. The maximum absolute atomic E-state index is 12.3. The lowest BCUT2D eigenvalue weighted by Crippen LogP contribution is -2.34. The molecule has 3 atom stereocenters. The quantitative estimate of drug-likeness (QED) is 0.765. The van der Waals surface area contributed by atoms with Crippen LogP contribution in [0.5, 0.6) is 0 Å². The van der Waals surface area contributed by atoms with E-state index in [1.807, 2.05) is 36.9 Å². The number of aliphatic carboxylic acids is 1. The van der Waals surface area contributed by atoms with E-state index in [2.05, 4.69) is 10.3 Å². The number of aromatic nitrogens is 1. The Bertz CT molecular complexity index is 728. The van der Waals surface area contributed by atoms with Gasteiger partial charge in [0.15, 0.2) is 0 Å². The highest BCUT2D eigenvalue weighted by Gasteiger charge is 2.56. The number of hydrogen-bond donors (Lipinski definition) is 2. The largest absolute Gasteiger partial charge is 0.490 e. The van der Waals surface area contributed by atoms with Crippen molar-refractivity contribution in [2.24, 2.45) is 17.8 Å². The third-order valence-corrected chi connectivity index (χ3v) is 4.90. The molecule has 1 aliphatic heterocycles. The molecule has 2 amide bonds. The number of pyridine rings is 1. The van der Waals surface area contributed by atoms with E-state index >= 15 is 0 Å². The Labute approximate surface area is 166 Å². The normalized spacial score (nSPS) is 22.4. The monoisotopic (exact) mass is 415 g/mol. The van der Waals surface area contributed by atoms with Crippen LogP contribution in [-0.2, 0) is 20.8 Å². The molecule has 1 aromatic heterocycles. The summed E-state index contributed by atoms with van der Waals surface area (Å²) in [6, 6.07) is 5.84. The first-order valence-corrected chi connectivity index (χ1v) is 9.26. The number of rotatable bonds is 5. The number of alkyl halides is 3. The number of carbonyl (C=O) groups is 3. The molecule has 0 spiro atoms. The van der Waals surface area contributed by atoms with Crippen LogP contribution in [0.15, 0.2) is 24.4 Å². The van der Waals surface area contributed by atoms with Gasteiger partial charge >= 0.3 is 12.1 Å². The number of carboxylic acid groups (broad SMARTS) is 1. The molecule has 3 rings (SSSR count). The summed E-state index contributed by atoms with van der Waals surface area (Å²) < 4.78 is 31.7. The molecule has 1 aliphatic carbocycles. The highest BCUT2D eigenvalue weighted by molar-refractivity contribution is 5.79. The zero-order valence-electron chi connectivity index (χ0n) is 16.1. The molecule has 7 nitrogen and oxygen atoms in total. The van der Waals surface area contributed by atoms with Gasteiger partial charge in [0.05, 0.1) is 6.42 Å². The molecule has 0 aromatic carbocycles. The topological polar surface area (TPSA) is 99.6 Å². The predicted molar refractivity (Wildman–Crippen MR) is 96.6 cm³/mol. The van der Waals surface area contributed by atoms with Crippen molar-refractivity contribution in [2.45, 2.75) is 38.9 Å². The summed E-state index contributed by atoms with van der Waals surface area (Å²) in [6.45, 7) is 5.55. The van der Waals surface area contributed by atoms with Crippen molar-refractivity contribution in [1.82, 2.24) is 15.2 Å². The van der Waals surface area contributed by atoms with Gasteiger partial charge < -0.3 is 15.3 Å². The molecule has 1 saturated heterocycles. The number of piperidine rings is 1. The fourth-order valence-corrected chi connectivity index (χ4v) is 3.52. The molecule has 10 heteroatoms. The van der Waals surface area contributed by atoms with E-state index in [0.717, 1.165) is 18.8 Å². The number of carbonyl (C=O) groups excluding carboxylic acids is 2. The number of halogens is 3. The van der Waals surface area contributed by atoms with Crippen molar-refractivity contribution in [3.05, 3.63) is 30.1 Å². The van der Waals surface area contributed by atoms with E-state index in [0.29, 0.717) is 30.6 Å². The van der Waals surface area contributed by atoms with Crippen LogP contribution in [0.2, 0.25) is 0 Å². The third kappa shape index (κ3) is 6.72. The molecule has 0 bridgehead atoms. The van der Waals surface area contributed by atoms with Crippen molar-refractivity contribution in [1.29, 1.82) is 0 Å². The van der Waals surface area contributed by atoms with Crippen molar-refractivity contribution in [2.75, 3.05) is 13.1 Å². The average molecular weight is 415 g/mol. The summed E-state index contributed by atoms with van der Waals surface area (Å²) in [7, 11) is 0. The maximum atomic E-state index is 12.3. The van der Waals surface area contributed by atoms with Gasteiger partial charge in [0, 0.05) is 37.4 Å². The first-order chi connectivity index (χ1) is 13.5. The minimum absolute atomic E-state index is 0.140. The molecular formula is C19H24F3N3O4. The second-order valence-corrected chi connectivity index (χ2v) is 7.52. The van der Waals surface area contributed by atoms with E-state index in [1.165, 1.54) is 0 Å². The van der Waals surface area contributed by atoms with E-state index in [-0.39, 0.29) is 17.9 Å². The number of carboxylic acids is 1. The number of hydrogen-bond acceptors (Lipinski definition) is 4. The van der Waals surface area contributed by atoms with Crippen LogP contribution in [0.25, 0.3) is 0 Å². The number of amides is 2. The minimum atomic E-state index is -5.08. The number of likely N-dealkylation sites (tertiary alicyclic amines) is 1. The molecule has 2 aliphatic rings. The molecule has 1 unspecified atom stereocenters. The Hall–Kier alpha value is -2.65. The van der Waals surface area contributed by atoms with Gasteiger partial charge in [0.1, 0.15) is 0 Å². The van der Waals surface area contributed by atoms with Gasteiger partial charge in [0.2, 0.25) is 11.8 Å². The number of nitrogens with one attached hydrogen (secondary N) is 1. The summed E-state index contributed by atoms with van der Waals surface area (Å²) in [6.07, 6.45) is -2.39. The summed E-state index contributed by atoms with van der Waals surface area (Å²) in [5, 5.41) is 10.1. The number of fused-ring (bicyclic) bond motifs is 1. The first kappa shape index (κ1) is 22.6. The fraction of sp³-hybridized carbons (Fsp3) is 0.579. The third-order valence-electron chi connectivity index (χ3n) is 4.90. The minimum Gasteiger partial charge on any atom is -0.475 e. The van der Waals surface area contributed by atoms with Gasteiger partial charge in [-0.05, 0) is 43.7 Å². The Morgan fingerprint density at radius 1 is 1.24 bits per heavy atom. The second kappa shape index (κ2) is 9.23. The first-order valence-electron chi connectivity index (χ1n) is 9.26. The van der Waals surface area contributed by atoms with E-state index in [4.69, 9.17) is 9.90 Å². The van der Waals surface area contributed by atoms with Crippen molar-refractivity contribution in [3.8, 4) is 0 Å². The van der Waals surface area contributed by atoms with Gasteiger partial charge in [-0.1, -0.05) is 6.07 Å². The molecule has 1 aromatic rings. The van der Waals surface area contributed by atoms with Crippen LogP contribution in [0.4, 0.5) is 13.2 Å². The highest BCUT2D eigenvalue weighted by atomic mass is 19.4.